The lowest BCUT2D eigenvalue weighted by Crippen LogP contribution is -2.47. The van der Waals surface area contributed by atoms with Crippen molar-refractivity contribution >= 4 is 11.6 Å². The van der Waals surface area contributed by atoms with Crippen molar-refractivity contribution in [2.45, 2.75) is 25.3 Å². The van der Waals surface area contributed by atoms with Crippen LogP contribution in [0.25, 0.3) is 0 Å². The second kappa shape index (κ2) is 11.9. The van der Waals surface area contributed by atoms with Gasteiger partial charge >= 0.3 is 0 Å². The van der Waals surface area contributed by atoms with Gasteiger partial charge in [0.1, 0.15) is 5.76 Å². The number of para-hydroxylation sites is 1. The van der Waals surface area contributed by atoms with Gasteiger partial charge in [-0.3, -0.25) is 14.8 Å². The summed E-state index contributed by atoms with van der Waals surface area (Å²) in [4.78, 5) is 12.0. The fraction of sp³-hybridized carbons (Fsp3) is 0.560. The number of furan rings is 1. The molecule has 7 heteroatoms. The van der Waals surface area contributed by atoms with E-state index in [9.17, 15) is 0 Å². The summed E-state index contributed by atoms with van der Waals surface area (Å²) < 4.78 is 5.72. The molecule has 1 atom stereocenters. The minimum Gasteiger partial charge on any atom is -0.468 e. The number of nitrogens with one attached hydrogen (secondary N) is 2. The van der Waals surface area contributed by atoms with Gasteiger partial charge in [-0.25, -0.2) is 0 Å². The van der Waals surface area contributed by atoms with E-state index < -0.39 is 0 Å². The molecule has 0 saturated carbocycles. The van der Waals surface area contributed by atoms with Crippen molar-refractivity contribution in [2.75, 3.05) is 70.9 Å². The predicted molar refractivity (Wildman–Crippen MR) is 131 cm³/mol. The molecule has 7 nitrogen and oxygen atoms in total. The third-order valence-electron chi connectivity index (χ3n) is 6.58. The molecule has 2 N–H and O–H groups in total. The van der Waals surface area contributed by atoms with Crippen LogP contribution in [-0.4, -0.2) is 81.7 Å². The second-order valence-electron chi connectivity index (χ2n) is 8.67. The number of nitrogens with zero attached hydrogens (tertiary/aromatic N) is 4. The number of hydrogen-bond acceptors (Lipinski definition) is 5. The number of benzene rings is 1. The highest BCUT2D eigenvalue weighted by Gasteiger charge is 2.25. The Morgan fingerprint density at radius 3 is 2.44 bits per heavy atom. The van der Waals surface area contributed by atoms with Crippen molar-refractivity contribution in [3.63, 3.8) is 0 Å². The van der Waals surface area contributed by atoms with Gasteiger partial charge in [-0.2, -0.15) is 0 Å². The first-order chi connectivity index (χ1) is 15.8. The molecule has 2 saturated heterocycles. The lowest BCUT2D eigenvalue weighted by Gasteiger charge is -2.36. The van der Waals surface area contributed by atoms with E-state index in [0.29, 0.717) is 0 Å². The zero-order valence-corrected chi connectivity index (χ0v) is 19.4. The first-order valence-corrected chi connectivity index (χ1v) is 12.1. The molecule has 1 aromatic heterocycles. The molecule has 0 amide bonds. The van der Waals surface area contributed by atoms with Gasteiger partial charge < -0.3 is 20.0 Å². The molecular weight excluding hydrogens is 400 g/mol. The molecule has 174 valence electrons. The van der Waals surface area contributed by atoms with E-state index in [4.69, 9.17) is 4.42 Å². The van der Waals surface area contributed by atoms with Crippen molar-refractivity contribution < 1.29 is 4.42 Å². The molecule has 0 radical (unpaired) electrons. The molecular formula is C25H38N6O. The van der Waals surface area contributed by atoms with Crippen molar-refractivity contribution in [2.24, 2.45) is 4.99 Å². The molecule has 4 rings (SSSR count). The number of anilines is 1. The van der Waals surface area contributed by atoms with Crippen LogP contribution < -0.4 is 15.5 Å². The van der Waals surface area contributed by atoms with Crippen LogP contribution in [0.5, 0.6) is 0 Å². The van der Waals surface area contributed by atoms with Crippen LogP contribution in [0.3, 0.4) is 0 Å². The van der Waals surface area contributed by atoms with Crippen molar-refractivity contribution in [1.29, 1.82) is 0 Å². The molecule has 1 aromatic carbocycles. The number of likely N-dealkylation sites (tertiary alicyclic amines) is 1. The summed E-state index contributed by atoms with van der Waals surface area (Å²) in [6.07, 6.45) is 5.42. The minimum atomic E-state index is 0.256. The van der Waals surface area contributed by atoms with Gasteiger partial charge in [0.2, 0.25) is 0 Å². The molecule has 3 heterocycles. The lowest BCUT2D eigenvalue weighted by atomic mass is 10.2. The Labute approximate surface area is 192 Å². The normalized spacial score (nSPS) is 19.3. The largest absolute Gasteiger partial charge is 0.468 e. The van der Waals surface area contributed by atoms with Crippen molar-refractivity contribution in [1.82, 2.24) is 20.4 Å². The van der Waals surface area contributed by atoms with Crippen LogP contribution in [0.4, 0.5) is 5.69 Å². The van der Waals surface area contributed by atoms with E-state index in [2.05, 4.69) is 66.7 Å². The standard InChI is InChI=1S/C25H38N6O/c1-26-25(28-21-23(24-11-7-20-32-24)31-14-5-6-15-31)27-12-8-13-29-16-18-30(19-17-29)22-9-3-2-4-10-22/h2-4,7,9-11,20,23H,5-6,8,12-19,21H2,1H3,(H2,26,27,28). The SMILES string of the molecule is CN=C(NCCCN1CCN(c2ccccc2)CC1)NCC(c1ccco1)N1CCCC1. The van der Waals surface area contributed by atoms with Crippen LogP contribution in [0.2, 0.25) is 0 Å². The molecule has 1 unspecified atom stereocenters. The Bertz CT molecular complexity index is 795. The summed E-state index contributed by atoms with van der Waals surface area (Å²) in [5.74, 6) is 1.90. The maximum Gasteiger partial charge on any atom is 0.191 e. The van der Waals surface area contributed by atoms with E-state index in [0.717, 1.165) is 77.0 Å². The Balaban J connectivity index is 1.14. The summed E-state index contributed by atoms with van der Waals surface area (Å²) in [5, 5.41) is 7.00. The third-order valence-corrected chi connectivity index (χ3v) is 6.58. The summed E-state index contributed by atoms with van der Waals surface area (Å²) in [7, 11) is 1.84. The minimum absolute atomic E-state index is 0.256. The van der Waals surface area contributed by atoms with Gasteiger partial charge in [0.25, 0.3) is 0 Å². The molecule has 2 fully saturated rings. The molecule has 32 heavy (non-hydrogen) atoms. The van der Waals surface area contributed by atoms with Gasteiger partial charge in [0.05, 0.1) is 12.3 Å². The van der Waals surface area contributed by atoms with E-state index in [1.165, 1.54) is 18.5 Å². The number of piperazine rings is 1. The maximum absolute atomic E-state index is 5.72. The van der Waals surface area contributed by atoms with Gasteiger partial charge in [-0.1, -0.05) is 18.2 Å². The highest BCUT2D eigenvalue weighted by molar-refractivity contribution is 5.79. The molecule has 0 aliphatic carbocycles. The Kier molecular flexibility index (Phi) is 8.45. The maximum atomic E-state index is 5.72. The first-order valence-electron chi connectivity index (χ1n) is 12.1. The summed E-state index contributed by atoms with van der Waals surface area (Å²) in [6.45, 7) is 9.58. The van der Waals surface area contributed by atoms with Gasteiger partial charge in [-0.15, -0.1) is 0 Å². The van der Waals surface area contributed by atoms with Gasteiger partial charge in [0.15, 0.2) is 5.96 Å². The Morgan fingerprint density at radius 2 is 1.75 bits per heavy atom. The summed E-state index contributed by atoms with van der Waals surface area (Å²) >= 11 is 0. The zero-order valence-electron chi connectivity index (χ0n) is 19.4. The quantitative estimate of drug-likeness (QED) is 0.357. The smallest absolute Gasteiger partial charge is 0.191 e. The average molecular weight is 439 g/mol. The fourth-order valence-corrected chi connectivity index (χ4v) is 4.74. The molecule has 0 spiro atoms. The lowest BCUT2D eigenvalue weighted by molar-refractivity contribution is 0.215. The number of hydrogen-bond donors (Lipinski definition) is 2. The molecule has 2 aliphatic heterocycles. The summed E-state index contributed by atoms with van der Waals surface area (Å²) in [5.41, 5.74) is 1.34. The molecule has 0 bridgehead atoms. The van der Waals surface area contributed by atoms with E-state index in [1.807, 2.05) is 13.1 Å². The zero-order chi connectivity index (χ0) is 22.0. The fourth-order valence-electron chi connectivity index (χ4n) is 4.74. The Morgan fingerprint density at radius 1 is 0.969 bits per heavy atom. The van der Waals surface area contributed by atoms with Gasteiger partial charge in [0, 0.05) is 52.0 Å². The number of guanidine groups is 1. The Hall–Kier alpha value is -2.51. The topological polar surface area (TPSA) is 59.3 Å². The molecule has 2 aromatic rings. The van der Waals surface area contributed by atoms with E-state index in [1.54, 1.807) is 6.26 Å². The van der Waals surface area contributed by atoms with Crippen LogP contribution in [-0.2, 0) is 0 Å². The monoisotopic (exact) mass is 438 g/mol. The first kappa shape index (κ1) is 22.7. The predicted octanol–water partition coefficient (Wildman–Crippen LogP) is 2.79. The van der Waals surface area contributed by atoms with Crippen LogP contribution in [0, 0.1) is 0 Å². The number of aliphatic imine (C=N–C) groups is 1. The second-order valence-corrected chi connectivity index (χ2v) is 8.67. The summed E-state index contributed by atoms with van der Waals surface area (Å²) in [6, 6.07) is 15.1. The third kappa shape index (κ3) is 6.26. The average Bonchev–Trinajstić information content (AvgIpc) is 3.57. The van der Waals surface area contributed by atoms with Crippen LogP contribution in [0.1, 0.15) is 31.1 Å². The van der Waals surface area contributed by atoms with Crippen LogP contribution in [0.15, 0.2) is 58.1 Å². The number of rotatable bonds is 9. The highest BCUT2D eigenvalue weighted by Crippen LogP contribution is 2.24. The van der Waals surface area contributed by atoms with E-state index in [-0.39, 0.29) is 6.04 Å². The van der Waals surface area contributed by atoms with Crippen LogP contribution >= 0.6 is 0 Å². The van der Waals surface area contributed by atoms with E-state index >= 15 is 0 Å². The molecule has 2 aliphatic rings. The highest BCUT2D eigenvalue weighted by atomic mass is 16.3. The van der Waals surface area contributed by atoms with Crippen molar-refractivity contribution in [3.05, 3.63) is 54.5 Å². The van der Waals surface area contributed by atoms with Gasteiger partial charge in [-0.05, 0) is 63.2 Å². The van der Waals surface area contributed by atoms with Crippen molar-refractivity contribution in [3.8, 4) is 0 Å².